The Hall–Kier alpha value is -1.05. The van der Waals surface area contributed by atoms with Gasteiger partial charge >= 0.3 is 0 Å². The maximum Gasteiger partial charge on any atom is 0.101 e. The summed E-state index contributed by atoms with van der Waals surface area (Å²) >= 11 is 3.44. The molecule has 102 valence electrons. The van der Waals surface area contributed by atoms with E-state index in [9.17, 15) is 5.26 Å². The smallest absolute Gasteiger partial charge is 0.101 e. The molecule has 1 aromatic carbocycles. The second-order valence-electron chi connectivity index (χ2n) is 5.26. The number of anilines is 1. The Balaban J connectivity index is 2.32. The van der Waals surface area contributed by atoms with Gasteiger partial charge < -0.3 is 9.80 Å². The van der Waals surface area contributed by atoms with Crippen LogP contribution < -0.4 is 4.90 Å². The zero-order valence-corrected chi connectivity index (χ0v) is 13.2. The Bertz CT molecular complexity index is 481. The molecule has 1 heterocycles. The Labute approximate surface area is 123 Å². The van der Waals surface area contributed by atoms with Crippen molar-refractivity contribution in [2.45, 2.75) is 24.7 Å². The molecule has 1 aliphatic heterocycles. The van der Waals surface area contributed by atoms with E-state index in [2.05, 4.69) is 57.9 Å². The lowest BCUT2D eigenvalue weighted by atomic mass is 10.1. The molecule has 0 spiro atoms. The number of rotatable bonds is 2. The summed E-state index contributed by atoms with van der Waals surface area (Å²) in [5.41, 5.74) is 3.02. The molecular formula is C15H20BrN3. The molecule has 3 nitrogen and oxygen atoms in total. The van der Waals surface area contributed by atoms with Gasteiger partial charge in [0.05, 0.1) is 11.3 Å². The molecule has 0 radical (unpaired) electrons. The van der Waals surface area contributed by atoms with Crippen LogP contribution in [-0.4, -0.2) is 37.6 Å². The Kier molecular flexibility index (Phi) is 4.84. The number of hydrogen-bond acceptors (Lipinski definition) is 3. The maximum absolute atomic E-state index is 9.38. The third-order valence-electron chi connectivity index (χ3n) is 3.69. The fourth-order valence-corrected chi connectivity index (χ4v) is 3.09. The van der Waals surface area contributed by atoms with E-state index in [-0.39, 0.29) is 0 Å². The van der Waals surface area contributed by atoms with E-state index < -0.39 is 0 Å². The summed E-state index contributed by atoms with van der Waals surface area (Å²) in [6, 6.07) is 8.97. The van der Waals surface area contributed by atoms with Gasteiger partial charge in [0, 0.05) is 24.5 Å². The van der Waals surface area contributed by atoms with Crippen molar-refractivity contribution in [3.8, 4) is 6.07 Å². The number of likely N-dealkylation sites (N-methyl/N-ethyl adjacent to an activating group) is 1. The topological polar surface area (TPSA) is 30.3 Å². The first kappa shape index (κ1) is 14.4. The van der Waals surface area contributed by atoms with Gasteiger partial charge in [0.1, 0.15) is 6.07 Å². The lowest BCUT2D eigenvalue weighted by Gasteiger charge is -2.31. The highest BCUT2D eigenvalue weighted by atomic mass is 79.9. The third kappa shape index (κ3) is 3.29. The fraction of sp³-hybridized carbons (Fsp3) is 0.533. The average molecular weight is 322 g/mol. The molecule has 1 atom stereocenters. The van der Waals surface area contributed by atoms with Crippen LogP contribution in [-0.2, 0) is 5.33 Å². The lowest BCUT2D eigenvalue weighted by Crippen LogP contribution is -2.38. The van der Waals surface area contributed by atoms with Crippen molar-refractivity contribution in [3.05, 3.63) is 29.3 Å². The molecule has 0 saturated carbocycles. The van der Waals surface area contributed by atoms with Crippen LogP contribution in [0.15, 0.2) is 18.2 Å². The summed E-state index contributed by atoms with van der Waals surface area (Å²) < 4.78 is 0. The predicted molar refractivity (Wildman–Crippen MR) is 82.7 cm³/mol. The van der Waals surface area contributed by atoms with Crippen molar-refractivity contribution in [2.24, 2.45) is 0 Å². The summed E-state index contributed by atoms with van der Waals surface area (Å²) in [5, 5.41) is 10.2. The van der Waals surface area contributed by atoms with Gasteiger partial charge in [0.2, 0.25) is 0 Å². The Morgan fingerprint density at radius 1 is 1.42 bits per heavy atom. The van der Waals surface area contributed by atoms with Crippen LogP contribution in [0.3, 0.4) is 0 Å². The second kappa shape index (κ2) is 6.40. The Morgan fingerprint density at radius 3 is 2.89 bits per heavy atom. The number of alkyl halides is 1. The normalized spacial score (nSPS) is 20.9. The average Bonchev–Trinajstić information content (AvgIpc) is 2.58. The van der Waals surface area contributed by atoms with Crippen LogP contribution in [0, 0.1) is 11.3 Å². The highest BCUT2D eigenvalue weighted by molar-refractivity contribution is 9.08. The van der Waals surface area contributed by atoms with Crippen LogP contribution in [0.25, 0.3) is 0 Å². The number of nitriles is 1. The van der Waals surface area contributed by atoms with Crippen molar-refractivity contribution < 1.29 is 0 Å². The summed E-state index contributed by atoms with van der Waals surface area (Å²) in [6.45, 7) is 5.43. The van der Waals surface area contributed by atoms with Crippen molar-refractivity contribution in [2.75, 3.05) is 31.6 Å². The zero-order chi connectivity index (χ0) is 13.8. The molecule has 0 aliphatic carbocycles. The molecule has 2 rings (SSSR count). The molecule has 1 fully saturated rings. The van der Waals surface area contributed by atoms with Gasteiger partial charge in [0.15, 0.2) is 0 Å². The minimum atomic E-state index is 0.439. The van der Waals surface area contributed by atoms with Crippen molar-refractivity contribution >= 4 is 21.6 Å². The van der Waals surface area contributed by atoms with Crippen LogP contribution in [0.5, 0.6) is 0 Å². The number of hydrogen-bond donors (Lipinski definition) is 0. The van der Waals surface area contributed by atoms with Gasteiger partial charge in [-0.05, 0) is 44.6 Å². The minimum absolute atomic E-state index is 0.439. The minimum Gasteiger partial charge on any atom is -0.366 e. The largest absolute Gasteiger partial charge is 0.366 e. The Morgan fingerprint density at radius 2 is 2.21 bits per heavy atom. The summed E-state index contributed by atoms with van der Waals surface area (Å²) in [4.78, 5) is 4.74. The standard InChI is InChI=1S/C15H20BrN3/c1-12-11-18(2)6-3-7-19(12)15-5-4-13(9-16)8-14(15)10-17/h4-5,8,12H,3,6-7,9,11H2,1-2H3. The SMILES string of the molecule is CC1CN(C)CCCN1c1ccc(CBr)cc1C#N. The molecule has 1 aromatic rings. The van der Waals surface area contributed by atoms with E-state index in [4.69, 9.17) is 0 Å². The number of halogens is 1. The monoisotopic (exact) mass is 321 g/mol. The van der Waals surface area contributed by atoms with Crippen LogP contribution in [0.4, 0.5) is 5.69 Å². The number of nitrogens with zero attached hydrogens (tertiary/aromatic N) is 3. The summed E-state index contributed by atoms with van der Waals surface area (Å²) in [6.07, 6.45) is 1.14. The first-order chi connectivity index (χ1) is 9.15. The molecular weight excluding hydrogens is 302 g/mol. The van der Waals surface area contributed by atoms with E-state index in [1.165, 1.54) is 0 Å². The molecule has 0 N–H and O–H groups in total. The molecule has 1 saturated heterocycles. The number of benzene rings is 1. The van der Waals surface area contributed by atoms with Gasteiger partial charge in [-0.15, -0.1) is 0 Å². The van der Waals surface area contributed by atoms with E-state index >= 15 is 0 Å². The quantitative estimate of drug-likeness (QED) is 0.784. The van der Waals surface area contributed by atoms with Gasteiger partial charge in [0.25, 0.3) is 0 Å². The van der Waals surface area contributed by atoms with E-state index in [1.807, 2.05) is 6.07 Å². The van der Waals surface area contributed by atoms with Gasteiger partial charge in [-0.3, -0.25) is 0 Å². The highest BCUT2D eigenvalue weighted by Crippen LogP contribution is 2.26. The highest BCUT2D eigenvalue weighted by Gasteiger charge is 2.21. The van der Waals surface area contributed by atoms with Crippen molar-refractivity contribution in [1.29, 1.82) is 5.26 Å². The molecule has 19 heavy (non-hydrogen) atoms. The second-order valence-corrected chi connectivity index (χ2v) is 5.82. The summed E-state index contributed by atoms with van der Waals surface area (Å²) in [7, 11) is 2.17. The molecule has 4 heteroatoms. The molecule has 0 bridgehead atoms. The molecule has 0 amide bonds. The fourth-order valence-electron chi connectivity index (χ4n) is 2.74. The first-order valence-electron chi connectivity index (χ1n) is 6.70. The van der Waals surface area contributed by atoms with Crippen LogP contribution in [0.1, 0.15) is 24.5 Å². The van der Waals surface area contributed by atoms with E-state index in [0.717, 1.165) is 48.2 Å². The van der Waals surface area contributed by atoms with Crippen LogP contribution >= 0.6 is 15.9 Å². The summed E-state index contributed by atoms with van der Waals surface area (Å²) in [5.74, 6) is 0. The zero-order valence-electron chi connectivity index (χ0n) is 11.6. The van der Waals surface area contributed by atoms with Crippen molar-refractivity contribution in [1.82, 2.24) is 4.90 Å². The van der Waals surface area contributed by atoms with E-state index in [0.29, 0.717) is 6.04 Å². The molecule has 0 aromatic heterocycles. The first-order valence-corrected chi connectivity index (χ1v) is 7.82. The van der Waals surface area contributed by atoms with Gasteiger partial charge in [-0.25, -0.2) is 0 Å². The van der Waals surface area contributed by atoms with Crippen molar-refractivity contribution in [3.63, 3.8) is 0 Å². The molecule has 1 aliphatic rings. The lowest BCUT2D eigenvalue weighted by molar-refractivity contribution is 0.337. The predicted octanol–water partition coefficient (Wildman–Crippen LogP) is 2.98. The maximum atomic E-state index is 9.38. The molecule has 1 unspecified atom stereocenters. The van der Waals surface area contributed by atoms with Crippen LogP contribution in [0.2, 0.25) is 0 Å². The van der Waals surface area contributed by atoms with Gasteiger partial charge in [-0.2, -0.15) is 5.26 Å². The van der Waals surface area contributed by atoms with Gasteiger partial charge in [-0.1, -0.05) is 22.0 Å². The third-order valence-corrected chi connectivity index (χ3v) is 4.34. The van der Waals surface area contributed by atoms with E-state index in [1.54, 1.807) is 0 Å².